The third-order valence-corrected chi connectivity index (χ3v) is 2.42. The molecule has 1 aromatic rings. The summed E-state index contributed by atoms with van der Waals surface area (Å²) in [7, 11) is 0. The lowest BCUT2D eigenvalue weighted by molar-refractivity contribution is 0.141. The Morgan fingerprint density at radius 1 is 1.58 bits per heavy atom. The third kappa shape index (κ3) is 2.19. The Hall–Kier alpha value is -0.120. The van der Waals surface area contributed by atoms with Crippen molar-refractivity contribution in [3.8, 4) is 0 Å². The van der Waals surface area contributed by atoms with Crippen molar-refractivity contribution in [3.05, 3.63) is 33.3 Å². The zero-order chi connectivity index (χ0) is 9.14. The second-order valence-corrected chi connectivity index (χ2v) is 3.63. The number of aliphatic hydroxyl groups is 1. The number of alkyl halides is 1. The number of benzene rings is 1. The zero-order valence-corrected chi connectivity index (χ0v) is 8.44. The van der Waals surface area contributed by atoms with Crippen molar-refractivity contribution in [3.63, 3.8) is 0 Å². The molecular formula is C8H7BrClFO. The van der Waals surface area contributed by atoms with E-state index in [2.05, 4.69) is 15.9 Å². The van der Waals surface area contributed by atoms with Crippen LogP contribution >= 0.6 is 27.5 Å². The van der Waals surface area contributed by atoms with Gasteiger partial charge >= 0.3 is 0 Å². The zero-order valence-electron chi connectivity index (χ0n) is 6.10. The average molecular weight is 253 g/mol. The lowest BCUT2D eigenvalue weighted by Gasteiger charge is -2.08. The summed E-state index contributed by atoms with van der Waals surface area (Å²) in [6, 6.07) is 4.88. The highest BCUT2D eigenvalue weighted by atomic mass is 79.9. The first-order valence-electron chi connectivity index (χ1n) is 3.34. The van der Waals surface area contributed by atoms with Crippen molar-refractivity contribution in [1.29, 1.82) is 0 Å². The number of aliphatic hydroxyl groups excluding tert-OH is 1. The molecule has 4 heteroatoms. The molecule has 1 aromatic carbocycles. The van der Waals surface area contributed by atoms with Crippen LogP contribution in [0.15, 0.2) is 22.7 Å². The highest BCUT2D eigenvalue weighted by Crippen LogP contribution is 2.26. The van der Waals surface area contributed by atoms with E-state index in [1.807, 2.05) is 0 Å². The molecule has 12 heavy (non-hydrogen) atoms. The maximum atomic E-state index is 12.1. The number of rotatable bonds is 2. The van der Waals surface area contributed by atoms with Gasteiger partial charge in [0.15, 0.2) is 0 Å². The van der Waals surface area contributed by atoms with Gasteiger partial charge in [-0.2, -0.15) is 0 Å². The Kier molecular flexibility index (Phi) is 3.50. The van der Waals surface area contributed by atoms with Crippen molar-refractivity contribution in [2.24, 2.45) is 0 Å². The molecule has 0 heterocycles. The summed E-state index contributed by atoms with van der Waals surface area (Å²) in [5.74, 6) is 0. The van der Waals surface area contributed by atoms with E-state index < -0.39 is 12.8 Å². The first-order valence-corrected chi connectivity index (χ1v) is 4.51. The van der Waals surface area contributed by atoms with Crippen LogP contribution < -0.4 is 0 Å². The van der Waals surface area contributed by atoms with E-state index in [0.29, 0.717) is 15.1 Å². The van der Waals surface area contributed by atoms with Gasteiger partial charge in [-0.25, -0.2) is 4.39 Å². The molecule has 0 spiro atoms. The molecular weight excluding hydrogens is 246 g/mol. The van der Waals surface area contributed by atoms with Gasteiger partial charge in [-0.15, -0.1) is 0 Å². The lowest BCUT2D eigenvalue weighted by atomic mass is 10.1. The molecule has 1 rings (SSSR count). The minimum absolute atomic E-state index is 0.477. The summed E-state index contributed by atoms with van der Waals surface area (Å²) in [5.41, 5.74) is 0.477. The number of hydrogen-bond acceptors (Lipinski definition) is 1. The van der Waals surface area contributed by atoms with Crippen LogP contribution in [0.2, 0.25) is 5.02 Å². The van der Waals surface area contributed by atoms with Gasteiger partial charge in [-0.05, 0) is 23.8 Å². The molecule has 0 radical (unpaired) electrons. The lowest BCUT2D eigenvalue weighted by Crippen LogP contribution is -1.99. The maximum absolute atomic E-state index is 12.1. The van der Waals surface area contributed by atoms with Crippen LogP contribution in [0.1, 0.15) is 11.7 Å². The van der Waals surface area contributed by atoms with E-state index in [9.17, 15) is 9.50 Å². The molecule has 0 saturated carbocycles. The van der Waals surface area contributed by atoms with Gasteiger partial charge in [0.05, 0.1) is 0 Å². The van der Waals surface area contributed by atoms with Crippen molar-refractivity contribution in [2.45, 2.75) is 6.10 Å². The minimum Gasteiger partial charge on any atom is -0.386 e. The average Bonchev–Trinajstić information content (AvgIpc) is 2.08. The maximum Gasteiger partial charge on any atom is 0.120 e. The summed E-state index contributed by atoms with van der Waals surface area (Å²) >= 11 is 8.85. The fourth-order valence-corrected chi connectivity index (χ4v) is 1.54. The van der Waals surface area contributed by atoms with Gasteiger partial charge in [0.1, 0.15) is 12.8 Å². The SMILES string of the molecule is OC(CF)c1cc(Cl)ccc1Br. The van der Waals surface area contributed by atoms with E-state index >= 15 is 0 Å². The molecule has 1 unspecified atom stereocenters. The largest absolute Gasteiger partial charge is 0.386 e. The van der Waals surface area contributed by atoms with Gasteiger partial charge in [0.25, 0.3) is 0 Å². The van der Waals surface area contributed by atoms with Gasteiger partial charge in [0.2, 0.25) is 0 Å². The van der Waals surface area contributed by atoms with Crippen molar-refractivity contribution in [1.82, 2.24) is 0 Å². The molecule has 0 aliphatic rings. The fraction of sp³-hybridized carbons (Fsp3) is 0.250. The molecule has 0 saturated heterocycles. The predicted octanol–water partition coefficient (Wildman–Crippen LogP) is 3.11. The summed E-state index contributed by atoms with van der Waals surface area (Å²) in [5, 5.41) is 9.66. The topological polar surface area (TPSA) is 20.2 Å². The van der Waals surface area contributed by atoms with E-state index in [1.165, 1.54) is 6.07 Å². The second-order valence-electron chi connectivity index (χ2n) is 2.34. The molecule has 1 nitrogen and oxygen atoms in total. The van der Waals surface area contributed by atoms with Crippen LogP contribution in [0.4, 0.5) is 4.39 Å². The molecule has 1 N–H and O–H groups in total. The molecule has 0 aliphatic carbocycles. The van der Waals surface area contributed by atoms with Crippen LogP contribution in [0.3, 0.4) is 0 Å². The van der Waals surface area contributed by atoms with Gasteiger partial charge in [-0.3, -0.25) is 0 Å². The Labute approximate surface area is 83.3 Å². The quantitative estimate of drug-likeness (QED) is 0.859. The summed E-state index contributed by atoms with van der Waals surface area (Å²) in [6.45, 7) is -0.807. The van der Waals surface area contributed by atoms with Crippen LogP contribution in [-0.4, -0.2) is 11.8 Å². The van der Waals surface area contributed by atoms with Gasteiger partial charge < -0.3 is 5.11 Å². The highest BCUT2D eigenvalue weighted by Gasteiger charge is 2.10. The summed E-state index contributed by atoms with van der Waals surface area (Å²) < 4.78 is 12.7. The normalized spacial score (nSPS) is 13.0. The van der Waals surface area contributed by atoms with E-state index in [-0.39, 0.29) is 0 Å². The predicted molar refractivity (Wildman–Crippen MR) is 50.1 cm³/mol. The number of halogens is 3. The summed E-state index contributed by atoms with van der Waals surface area (Å²) in [6.07, 6.45) is -1.10. The standard InChI is InChI=1S/C8H7BrClFO/c9-7-2-1-5(10)3-6(7)8(12)4-11/h1-3,8,12H,4H2. The van der Waals surface area contributed by atoms with Crippen LogP contribution in [0.25, 0.3) is 0 Å². The molecule has 0 bridgehead atoms. The fourth-order valence-electron chi connectivity index (χ4n) is 0.853. The molecule has 0 aliphatic heterocycles. The highest BCUT2D eigenvalue weighted by molar-refractivity contribution is 9.10. The molecule has 0 fully saturated rings. The van der Waals surface area contributed by atoms with E-state index in [0.717, 1.165) is 0 Å². The molecule has 0 aromatic heterocycles. The van der Waals surface area contributed by atoms with Crippen LogP contribution in [0, 0.1) is 0 Å². The Morgan fingerprint density at radius 2 is 2.25 bits per heavy atom. The molecule has 0 amide bonds. The molecule has 66 valence electrons. The smallest absolute Gasteiger partial charge is 0.120 e. The Morgan fingerprint density at radius 3 is 2.83 bits per heavy atom. The second kappa shape index (κ2) is 4.21. The summed E-state index contributed by atoms with van der Waals surface area (Å²) in [4.78, 5) is 0. The molecule has 1 atom stereocenters. The third-order valence-electron chi connectivity index (χ3n) is 1.46. The van der Waals surface area contributed by atoms with Crippen molar-refractivity contribution < 1.29 is 9.50 Å². The van der Waals surface area contributed by atoms with Gasteiger partial charge in [0, 0.05) is 9.50 Å². The monoisotopic (exact) mass is 252 g/mol. The van der Waals surface area contributed by atoms with Crippen LogP contribution in [-0.2, 0) is 0 Å². The minimum atomic E-state index is -1.10. The Balaban J connectivity index is 3.04. The Bertz CT molecular complexity index is 280. The van der Waals surface area contributed by atoms with Gasteiger partial charge in [-0.1, -0.05) is 27.5 Å². The van der Waals surface area contributed by atoms with Crippen molar-refractivity contribution in [2.75, 3.05) is 6.67 Å². The van der Waals surface area contributed by atoms with E-state index in [1.54, 1.807) is 12.1 Å². The first-order chi connectivity index (χ1) is 5.65. The van der Waals surface area contributed by atoms with E-state index in [4.69, 9.17) is 11.6 Å². The van der Waals surface area contributed by atoms with Crippen LogP contribution in [0.5, 0.6) is 0 Å². The van der Waals surface area contributed by atoms with Crippen molar-refractivity contribution >= 4 is 27.5 Å². The number of hydrogen-bond donors (Lipinski definition) is 1. The first kappa shape index (κ1) is 9.96.